The number of hydrogen-bond donors (Lipinski definition) is 2. The molecule has 0 bridgehead atoms. The van der Waals surface area contributed by atoms with Gasteiger partial charge in [-0.25, -0.2) is 8.42 Å². The van der Waals surface area contributed by atoms with Gasteiger partial charge >= 0.3 is 0 Å². The molecular weight excluding hydrogens is 396 g/mol. The van der Waals surface area contributed by atoms with E-state index in [4.69, 9.17) is 14.6 Å². The number of nitrogens with one attached hydrogen (secondary N) is 1. The van der Waals surface area contributed by atoms with Crippen LogP contribution in [-0.2, 0) is 21.4 Å². The fourth-order valence-electron chi connectivity index (χ4n) is 2.66. The molecule has 2 rings (SSSR count). The maximum absolute atomic E-state index is 13.3. The Labute approximate surface area is 171 Å². The second kappa shape index (κ2) is 10.8. The third-order valence-electron chi connectivity index (χ3n) is 4.17. The van der Waals surface area contributed by atoms with Gasteiger partial charge in [0.2, 0.25) is 15.9 Å². The van der Waals surface area contributed by atoms with Crippen molar-refractivity contribution in [2.75, 3.05) is 33.9 Å². The van der Waals surface area contributed by atoms with E-state index < -0.39 is 15.9 Å². The minimum absolute atomic E-state index is 0.00533. The van der Waals surface area contributed by atoms with Gasteiger partial charge in [0.1, 0.15) is 0 Å². The number of carbonyl (C=O) groups excluding carboxylic acids is 1. The molecule has 0 atom stereocenters. The van der Waals surface area contributed by atoms with Gasteiger partial charge in [-0.15, -0.1) is 0 Å². The summed E-state index contributed by atoms with van der Waals surface area (Å²) < 4.78 is 38.0. The third kappa shape index (κ3) is 6.18. The number of methoxy groups -OCH3 is 2. The highest BCUT2D eigenvalue weighted by Gasteiger charge is 2.28. The number of carbonyl (C=O) groups is 1. The van der Waals surface area contributed by atoms with Crippen LogP contribution in [0.25, 0.3) is 0 Å². The van der Waals surface area contributed by atoms with Crippen LogP contribution in [0.15, 0.2) is 53.4 Å². The van der Waals surface area contributed by atoms with Crippen LogP contribution in [0.5, 0.6) is 11.5 Å². The second-order valence-corrected chi connectivity index (χ2v) is 8.14. The minimum Gasteiger partial charge on any atom is -0.493 e. The topological polar surface area (TPSA) is 105 Å². The molecule has 1 amide bonds. The smallest absolute Gasteiger partial charge is 0.243 e. The highest BCUT2D eigenvalue weighted by atomic mass is 32.2. The molecule has 2 N–H and O–H groups in total. The van der Waals surface area contributed by atoms with Crippen molar-refractivity contribution in [3.63, 3.8) is 0 Å². The molecule has 0 fully saturated rings. The minimum atomic E-state index is -3.99. The number of amides is 1. The molecule has 0 aliphatic rings. The SMILES string of the molecule is COc1ccc(S(=O)(=O)N(CC(=O)NCCCO)Cc2ccccc2)cc1OC. The van der Waals surface area contributed by atoms with E-state index in [1.807, 2.05) is 6.07 Å². The Kier molecular flexibility index (Phi) is 8.44. The van der Waals surface area contributed by atoms with E-state index in [0.29, 0.717) is 12.2 Å². The van der Waals surface area contributed by atoms with Crippen molar-refractivity contribution in [1.82, 2.24) is 9.62 Å². The highest BCUT2D eigenvalue weighted by Crippen LogP contribution is 2.31. The van der Waals surface area contributed by atoms with Crippen LogP contribution in [0, 0.1) is 0 Å². The zero-order valence-corrected chi connectivity index (χ0v) is 17.3. The average Bonchev–Trinajstić information content (AvgIpc) is 2.73. The molecule has 0 saturated heterocycles. The molecule has 29 heavy (non-hydrogen) atoms. The summed E-state index contributed by atoms with van der Waals surface area (Å²) in [4.78, 5) is 12.3. The van der Waals surface area contributed by atoms with Gasteiger partial charge in [0.25, 0.3) is 0 Å². The van der Waals surface area contributed by atoms with Gasteiger partial charge in [0.15, 0.2) is 11.5 Å². The quantitative estimate of drug-likeness (QED) is 0.530. The van der Waals surface area contributed by atoms with E-state index >= 15 is 0 Å². The summed E-state index contributed by atoms with van der Waals surface area (Å²) in [6.07, 6.45) is 0.396. The maximum Gasteiger partial charge on any atom is 0.243 e. The average molecular weight is 423 g/mol. The molecule has 0 spiro atoms. The molecule has 0 saturated carbocycles. The van der Waals surface area contributed by atoms with E-state index in [2.05, 4.69) is 5.32 Å². The molecular formula is C20H26N2O6S. The molecule has 0 radical (unpaired) electrons. The van der Waals surface area contributed by atoms with Crippen LogP contribution in [0.2, 0.25) is 0 Å². The van der Waals surface area contributed by atoms with Gasteiger partial charge in [-0.05, 0) is 24.1 Å². The third-order valence-corrected chi connectivity index (χ3v) is 5.96. The highest BCUT2D eigenvalue weighted by molar-refractivity contribution is 7.89. The number of benzene rings is 2. The second-order valence-electron chi connectivity index (χ2n) is 6.20. The predicted octanol–water partition coefficient (Wildman–Crippen LogP) is 1.39. The van der Waals surface area contributed by atoms with Crippen molar-refractivity contribution < 1.29 is 27.8 Å². The van der Waals surface area contributed by atoms with E-state index in [-0.39, 0.29) is 36.9 Å². The van der Waals surface area contributed by atoms with E-state index in [1.54, 1.807) is 24.3 Å². The number of rotatable bonds is 11. The molecule has 9 heteroatoms. The summed E-state index contributed by atoms with van der Waals surface area (Å²) in [6.45, 7) is -0.106. The van der Waals surface area contributed by atoms with E-state index in [1.165, 1.54) is 32.4 Å². The number of hydrogen-bond acceptors (Lipinski definition) is 6. The van der Waals surface area contributed by atoms with Gasteiger partial charge in [-0.2, -0.15) is 4.31 Å². The molecule has 8 nitrogen and oxygen atoms in total. The summed E-state index contributed by atoms with van der Waals surface area (Å²) in [5, 5.41) is 11.5. The molecule has 0 aliphatic heterocycles. The lowest BCUT2D eigenvalue weighted by Crippen LogP contribution is -2.40. The zero-order chi connectivity index (χ0) is 21.3. The Bertz CT molecular complexity index is 902. The van der Waals surface area contributed by atoms with Crippen LogP contribution in [-0.4, -0.2) is 57.7 Å². The lowest BCUT2D eigenvalue weighted by molar-refractivity contribution is -0.121. The van der Waals surface area contributed by atoms with Gasteiger partial charge in [-0.3, -0.25) is 4.79 Å². The summed E-state index contributed by atoms with van der Waals surface area (Å²) in [6, 6.07) is 13.3. The normalized spacial score (nSPS) is 11.3. The van der Waals surface area contributed by atoms with Gasteiger partial charge < -0.3 is 19.9 Å². The number of nitrogens with zero attached hydrogens (tertiary/aromatic N) is 1. The van der Waals surface area contributed by atoms with Crippen LogP contribution < -0.4 is 14.8 Å². The molecule has 2 aromatic carbocycles. The van der Waals surface area contributed by atoms with Crippen LogP contribution in [0.3, 0.4) is 0 Å². The Morgan fingerprint density at radius 1 is 1.07 bits per heavy atom. The number of aliphatic hydroxyl groups is 1. The number of sulfonamides is 1. The lowest BCUT2D eigenvalue weighted by atomic mass is 10.2. The lowest BCUT2D eigenvalue weighted by Gasteiger charge is -2.22. The molecule has 0 heterocycles. The van der Waals surface area contributed by atoms with Crippen molar-refractivity contribution in [3.8, 4) is 11.5 Å². The Hall–Kier alpha value is -2.62. The molecule has 2 aromatic rings. The van der Waals surface area contributed by atoms with Crippen LogP contribution >= 0.6 is 0 Å². The summed E-state index contributed by atoms with van der Waals surface area (Å²) >= 11 is 0. The van der Waals surface area contributed by atoms with Crippen molar-refractivity contribution in [1.29, 1.82) is 0 Å². The fourth-order valence-corrected chi connectivity index (χ4v) is 4.06. The monoisotopic (exact) mass is 422 g/mol. The molecule has 0 aromatic heterocycles. The molecule has 158 valence electrons. The Balaban J connectivity index is 2.33. The first-order valence-corrected chi connectivity index (χ1v) is 10.5. The summed E-state index contributed by atoms with van der Waals surface area (Å²) in [5.41, 5.74) is 0.750. The zero-order valence-electron chi connectivity index (χ0n) is 16.5. The largest absolute Gasteiger partial charge is 0.493 e. The summed E-state index contributed by atoms with van der Waals surface area (Å²) in [7, 11) is -1.11. The Morgan fingerprint density at radius 2 is 1.76 bits per heavy atom. The summed E-state index contributed by atoms with van der Waals surface area (Å²) in [5.74, 6) is 0.238. The fraction of sp³-hybridized carbons (Fsp3) is 0.350. The van der Waals surface area contributed by atoms with E-state index in [9.17, 15) is 13.2 Å². The number of ether oxygens (including phenoxy) is 2. The first kappa shape index (κ1) is 22.7. The Morgan fingerprint density at radius 3 is 2.38 bits per heavy atom. The van der Waals surface area contributed by atoms with Gasteiger partial charge in [-0.1, -0.05) is 30.3 Å². The molecule has 0 unspecified atom stereocenters. The van der Waals surface area contributed by atoms with Crippen LogP contribution in [0.1, 0.15) is 12.0 Å². The van der Waals surface area contributed by atoms with E-state index in [0.717, 1.165) is 9.87 Å². The van der Waals surface area contributed by atoms with Crippen molar-refractivity contribution in [2.24, 2.45) is 0 Å². The first-order valence-electron chi connectivity index (χ1n) is 9.06. The van der Waals surface area contributed by atoms with Gasteiger partial charge in [0, 0.05) is 25.8 Å². The van der Waals surface area contributed by atoms with Crippen molar-refractivity contribution in [3.05, 3.63) is 54.1 Å². The first-order chi connectivity index (χ1) is 13.9. The van der Waals surface area contributed by atoms with Gasteiger partial charge in [0.05, 0.1) is 25.7 Å². The molecule has 0 aliphatic carbocycles. The van der Waals surface area contributed by atoms with Crippen molar-refractivity contribution in [2.45, 2.75) is 17.9 Å². The standard InChI is InChI=1S/C20H26N2O6S/c1-27-18-10-9-17(13-19(18)28-2)29(25,26)22(14-16-7-4-3-5-8-16)15-20(24)21-11-6-12-23/h3-5,7-10,13,23H,6,11-12,14-15H2,1-2H3,(H,21,24). The number of aliphatic hydroxyl groups excluding tert-OH is 1. The van der Waals surface area contributed by atoms with Crippen molar-refractivity contribution >= 4 is 15.9 Å². The predicted molar refractivity (Wildman–Crippen MR) is 108 cm³/mol. The van der Waals surface area contributed by atoms with Crippen LogP contribution in [0.4, 0.5) is 0 Å². The maximum atomic E-state index is 13.3.